The van der Waals surface area contributed by atoms with Crippen molar-refractivity contribution >= 4 is 26.9 Å². The molecule has 0 aliphatic rings. The maximum atomic E-state index is 5.32. The van der Waals surface area contributed by atoms with Crippen LogP contribution in [0.1, 0.15) is 5.56 Å². The molecule has 2 rings (SSSR count). The molecule has 68 valence electrons. The maximum Gasteiger partial charge on any atom is 0.135 e. The molecule has 3 nitrogen and oxygen atoms in total. The van der Waals surface area contributed by atoms with Crippen LogP contribution in [0.5, 0.6) is 0 Å². The Bertz CT molecular complexity index is 424. The second kappa shape index (κ2) is 3.49. The quantitative estimate of drug-likeness (QED) is 0.823. The highest BCUT2D eigenvalue weighted by molar-refractivity contribution is 9.10. The highest BCUT2D eigenvalue weighted by Crippen LogP contribution is 2.28. The van der Waals surface area contributed by atoms with Crippen molar-refractivity contribution < 1.29 is 9.25 Å². The van der Waals surface area contributed by atoms with E-state index in [9.17, 15) is 0 Å². The van der Waals surface area contributed by atoms with Crippen LogP contribution in [0.2, 0.25) is 0 Å². The smallest absolute Gasteiger partial charge is 0.135 e. The highest BCUT2D eigenvalue weighted by Gasteiger charge is 2.07. The average molecular weight is 242 g/mol. The van der Waals surface area contributed by atoms with Gasteiger partial charge >= 0.3 is 0 Å². The molecule has 0 saturated carbocycles. The molecule has 4 heteroatoms. The molecule has 2 aromatic rings. The number of rotatable bonds is 2. The molecular weight excluding hydrogens is 234 g/mol. The van der Waals surface area contributed by atoms with E-state index in [4.69, 9.17) is 10.3 Å². The van der Waals surface area contributed by atoms with Gasteiger partial charge in [0, 0.05) is 15.4 Å². The summed E-state index contributed by atoms with van der Waals surface area (Å²) in [5.74, 6) is 5.00. The predicted octanol–water partition coefficient (Wildman–Crippen LogP) is 2.59. The molecule has 0 unspecified atom stereocenters. The van der Waals surface area contributed by atoms with Gasteiger partial charge in [0.15, 0.2) is 0 Å². The van der Waals surface area contributed by atoms with Crippen LogP contribution < -0.4 is 5.90 Å². The standard InChI is InChI=1S/C9H8BrNO2/c10-7-2-1-3-8-9(7)6(4-12-8)5-13-11/h1-4H,5,11H2. The summed E-state index contributed by atoms with van der Waals surface area (Å²) in [7, 11) is 0. The number of halogens is 1. The van der Waals surface area contributed by atoms with Crippen LogP contribution in [-0.2, 0) is 11.4 Å². The summed E-state index contributed by atoms with van der Waals surface area (Å²) in [6.45, 7) is 0.357. The van der Waals surface area contributed by atoms with Crippen LogP contribution in [0.25, 0.3) is 11.0 Å². The molecule has 1 aromatic heterocycles. The Hall–Kier alpha value is -0.840. The van der Waals surface area contributed by atoms with Crippen molar-refractivity contribution in [1.29, 1.82) is 0 Å². The lowest BCUT2D eigenvalue weighted by atomic mass is 10.2. The van der Waals surface area contributed by atoms with E-state index < -0.39 is 0 Å². The SMILES string of the molecule is NOCc1coc2cccc(Br)c12. The van der Waals surface area contributed by atoms with E-state index in [1.807, 2.05) is 18.2 Å². The van der Waals surface area contributed by atoms with E-state index >= 15 is 0 Å². The second-order valence-electron chi connectivity index (χ2n) is 2.68. The number of furan rings is 1. The van der Waals surface area contributed by atoms with Gasteiger partial charge in [-0.1, -0.05) is 22.0 Å². The van der Waals surface area contributed by atoms with Gasteiger partial charge in [-0.3, -0.25) is 4.84 Å². The molecule has 0 atom stereocenters. The summed E-state index contributed by atoms with van der Waals surface area (Å²) in [6.07, 6.45) is 1.66. The number of fused-ring (bicyclic) bond motifs is 1. The van der Waals surface area contributed by atoms with Crippen LogP contribution in [0.15, 0.2) is 33.4 Å². The van der Waals surface area contributed by atoms with Crippen molar-refractivity contribution in [1.82, 2.24) is 0 Å². The highest BCUT2D eigenvalue weighted by atomic mass is 79.9. The molecule has 0 bridgehead atoms. The van der Waals surface area contributed by atoms with Gasteiger partial charge in [0.25, 0.3) is 0 Å². The summed E-state index contributed by atoms with van der Waals surface area (Å²) in [5.41, 5.74) is 1.78. The van der Waals surface area contributed by atoms with Crippen molar-refractivity contribution in [3.05, 3.63) is 34.5 Å². The van der Waals surface area contributed by atoms with Crippen LogP contribution in [-0.4, -0.2) is 0 Å². The number of hydrogen-bond donors (Lipinski definition) is 1. The Morgan fingerprint density at radius 3 is 3.08 bits per heavy atom. The van der Waals surface area contributed by atoms with E-state index in [-0.39, 0.29) is 0 Å². The van der Waals surface area contributed by atoms with Gasteiger partial charge < -0.3 is 4.42 Å². The predicted molar refractivity (Wildman–Crippen MR) is 52.9 cm³/mol. The second-order valence-corrected chi connectivity index (χ2v) is 3.54. The Morgan fingerprint density at radius 1 is 1.46 bits per heavy atom. The molecular formula is C9H8BrNO2. The van der Waals surface area contributed by atoms with E-state index in [1.54, 1.807) is 6.26 Å². The first-order valence-electron chi connectivity index (χ1n) is 3.79. The van der Waals surface area contributed by atoms with Crippen molar-refractivity contribution in [2.45, 2.75) is 6.61 Å². The molecule has 0 saturated heterocycles. The first kappa shape index (κ1) is 8.74. The largest absolute Gasteiger partial charge is 0.464 e. The minimum absolute atomic E-state index is 0.357. The van der Waals surface area contributed by atoms with E-state index in [0.717, 1.165) is 21.0 Å². The van der Waals surface area contributed by atoms with Crippen LogP contribution in [0.3, 0.4) is 0 Å². The third kappa shape index (κ3) is 1.48. The maximum absolute atomic E-state index is 5.32. The Balaban J connectivity index is 2.64. The average Bonchev–Trinajstić information content (AvgIpc) is 2.51. The summed E-state index contributed by atoms with van der Waals surface area (Å²) in [4.78, 5) is 4.57. The monoisotopic (exact) mass is 241 g/mol. The normalized spacial score (nSPS) is 10.9. The van der Waals surface area contributed by atoms with Crippen molar-refractivity contribution in [3.8, 4) is 0 Å². The zero-order chi connectivity index (χ0) is 9.26. The summed E-state index contributed by atoms with van der Waals surface area (Å²) in [5, 5.41) is 1.02. The van der Waals surface area contributed by atoms with Crippen LogP contribution in [0, 0.1) is 0 Å². The minimum Gasteiger partial charge on any atom is -0.464 e. The molecule has 0 radical (unpaired) electrons. The Kier molecular flexibility index (Phi) is 2.35. The third-order valence-electron chi connectivity index (χ3n) is 1.86. The molecule has 2 N–H and O–H groups in total. The van der Waals surface area contributed by atoms with Gasteiger partial charge in [-0.25, -0.2) is 5.90 Å². The third-order valence-corrected chi connectivity index (χ3v) is 2.52. The molecule has 0 aliphatic heterocycles. The topological polar surface area (TPSA) is 48.4 Å². The fourth-order valence-electron chi connectivity index (χ4n) is 1.30. The lowest BCUT2D eigenvalue weighted by Gasteiger charge is -1.96. The van der Waals surface area contributed by atoms with Gasteiger partial charge in [-0.2, -0.15) is 0 Å². The number of nitrogens with two attached hydrogens (primary N) is 1. The Morgan fingerprint density at radius 2 is 2.31 bits per heavy atom. The summed E-state index contributed by atoms with van der Waals surface area (Å²) >= 11 is 3.44. The van der Waals surface area contributed by atoms with Gasteiger partial charge in [-0.15, -0.1) is 0 Å². The fraction of sp³-hybridized carbons (Fsp3) is 0.111. The lowest BCUT2D eigenvalue weighted by Crippen LogP contribution is -1.97. The van der Waals surface area contributed by atoms with Gasteiger partial charge in [-0.05, 0) is 12.1 Å². The minimum atomic E-state index is 0.357. The Labute approximate surface area is 83.5 Å². The van der Waals surface area contributed by atoms with Crippen molar-refractivity contribution in [2.24, 2.45) is 5.90 Å². The van der Waals surface area contributed by atoms with E-state index in [1.165, 1.54) is 0 Å². The van der Waals surface area contributed by atoms with Gasteiger partial charge in [0.2, 0.25) is 0 Å². The van der Waals surface area contributed by atoms with Crippen LogP contribution in [0.4, 0.5) is 0 Å². The van der Waals surface area contributed by atoms with Crippen molar-refractivity contribution in [2.75, 3.05) is 0 Å². The van der Waals surface area contributed by atoms with Crippen molar-refractivity contribution in [3.63, 3.8) is 0 Å². The first-order chi connectivity index (χ1) is 6.33. The molecule has 13 heavy (non-hydrogen) atoms. The molecule has 0 amide bonds. The molecule has 1 heterocycles. The number of hydrogen-bond acceptors (Lipinski definition) is 3. The summed E-state index contributed by atoms with van der Waals surface area (Å²) in [6, 6.07) is 5.78. The van der Waals surface area contributed by atoms with Crippen LogP contribution >= 0.6 is 15.9 Å². The zero-order valence-electron chi connectivity index (χ0n) is 6.79. The first-order valence-corrected chi connectivity index (χ1v) is 4.58. The molecule has 0 spiro atoms. The molecule has 0 aliphatic carbocycles. The lowest BCUT2D eigenvalue weighted by molar-refractivity contribution is 0.124. The fourth-order valence-corrected chi connectivity index (χ4v) is 1.91. The van der Waals surface area contributed by atoms with Gasteiger partial charge in [0.05, 0.1) is 12.9 Å². The van der Waals surface area contributed by atoms with Gasteiger partial charge in [0.1, 0.15) is 5.58 Å². The molecule has 1 aromatic carbocycles. The van der Waals surface area contributed by atoms with E-state index in [0.29, 0.717) is 6.61 Å². The van der Waals surface area contributed by atoms with E-state index in [2.05, 4.69) is 20.8 Å². The molecule has 0 fully saturated rings. The summed E-state index contributed by atoms with van der Waals surface area (Å²) < 4.78 is 6.31. The number of benzene rings is 1. The zero-order valence-corrected chi connectivity index (χ0v) is 8.37.